The molecule has 180 valence electrons. The number of thioether (sulfide) groups is 1. The number of nitrogens with one attached hydrogen (secondary N) is 1. The van der Waals surface area contributed by atoms with Crippen LogP contribution < -0.4 is 10.1 Å². The smallest absolute Gasteiger partial charge is 0.340 e. The standard InChI is InChI=1S/C22H22Cl2N4O4S2/c1-5-8-28-19(13(3)32-17-10-14(23)6-7-16(17)24)26-27-22(28)33-11-18(29)25-20-15(21(30)31-4)9-12(2)34-20/h5-7,9-10,13H,1,8,11H2,2-4H3,(H,25,29). The monoisotopic (exact) mass is 540 g/mol. The van der Waals surface area contributed by atoms with Crippen molar-refractivity contribution in [3.05, 3.63) is 63.2 Å². The van der Waals surface area contributed by atoms with Gasteiger partial charge < -0.3 is 14.8 Å². The predicted octanol–water partition coefficient (Wildman–Crippen LogP) is 5.80. The first-order valence-corrected chi connectivity index (χ1v) is 12.6. The van der Waals surface area contributed by atoms with Gasteiger partial charge in [-0.2, -0.15) is 0 Å². The van der Waals surface area contributed by atoms with Gasteiger partial charge >= 0.3 is 5.97 Å². The second-order valence-corrected chi connectivity index (χ2v) is 10.0. The number of hydrogen-bond donors (Lipinski definition) is 1. The van der Waals surface area contributed by atoms with Gasteiger partial charge in [-0.25, -0.2) is 4.79 Å². The zero-order valence-corrected chi connectivity index (χ0v) is 21.8. The lowest BCUT2D eigenvalue weighted by Gasteiger charge is -2.16. The number of carbonyl (C=O) groups is 2. The third-order valence-electron chi connectivity index (χ3n) is 4.46. The second-order valence-electron chi connectivity index (χ2n) is 7.00. The molecule has 0 aliphatic heterocycles. The number of methoxy groups -OCH3 is 1. The molecule has 0 fully saturated rings. The van der Waals surface area contributed by atoms with Gasteiger partial charge in [0.1, 0.15) is 10.8 Å². The van der Waals surface area contributed by atoms with Crippen LogP contribution in [0.25, 0.3) is 0 Å². The number of anilines is 1. The zero-order chi connectivity index (χ0) is 24.8. The van der Waals surface area contributed by atoms with E-state index in [4.69, 9.17) is 32.7 Å². The number of hydrogen-bond acceptors (Lipinski definition) is 8. The minimum atomic E-state index is -0.503. The highest BCUT2D eigenvalue weighted by atomic mass is 35.5. The maximum absolute atomic E-state index is 12.6. The van der Waals surface area contributed by atoms with Gasteiger partial charge in [0.25, 0.3) is 0 Å². The molecule has 1 unspecified atom stereocenters. The average molecular weight is 541 g/mol. The first-order chi connectivity index (χ1) is 16.2. The molecule has 2 aromatic heterocycles. The predicted molar refractivity (Wildman–Crippen MR) is 135 cm³/mol. The van der Waals surface area contributed by atoms with E-state index < -0.39 is 12.1 Å². The molecule has 0 spiro atoms. The molecule has 1 atom stereocenters. The molecule has 0 saturated heterocycles. The summed E-state index contributed by atoms with van der Waals surface area (Å²) in [4.78, 5) is 25.4. The number of halogens is 2. The molecule has 34 heavy (non-hydrogen) atoms. The van der Waals surface area contributed by atoms with E-state index in [-0.39, 0.29) is 11.7 Å². The van der Waals surface area contributed by atoms with Crippen LogP contribution in [-0.2, 0) is 16.1 Å². The summed E-state index contributed by atoms with van der Waals surface area (Å²) in [5.41, 5.74) is 0.325. The Labute approximate surface area is 215 Å². The number of carbonyl (C=O) groups excluding carboxylic acids is 2. The normalized spacial score (nSPS) is 11.7. The molecular weight excluding hydrogens is 519 g/mol. The van der Waals surface area contributed by atoms with Crippen molar-refractivity contribution < 1.29 is 19.1 Å². The van der Waals surface area contributed by atoms with Crippen LogP contribution in [0.2, 0.25) is 10.0 Å². The summed E-state index contributed by atoms with van der Waals surface area (Å²) in [6, 6.07) is 6.64. The Kier molecular flexibility index (Phi) is 9.01. The number of nitrogens with zero attached hydrogens (tertiary/aromatic N) is 3. The zero-order valence-electron chi connectivity index (χ0n) is 18.6. The van der Waals surface area contributed by atoms with E-state index in [9.17, 15) is 9.59 Å². The largest absolute Gasteiger partial charge is 0.481 e. The number of ether oxygens (including phenoxy) is 2. The molecule has 1 N–H and O–H groups in total. The van der Waals surface area contributed by atoms with Crippen LogP contribution in [0.1, 0.15) is 34.1 Å². The van der Waals surface area contributed by atoms with Crippen molar-refractivity contribution in [2.45, 2.75) is 31.7 Å². The van der Waals surface area contributed by atoms with E-state index in [0.717, 1.165) is 4.88 Å². The Morgan fingerprint density at radius 2 is 2.09 bits per heavy atom. The molecule has 8 nitrogen and oxygen atoms in total. The Hall–Kier alpha value is -2.53. The van der Waals surface area contributed by atoms with Gasteiger partial charge in [0.05, 0.1) is 23.4 Å². The van der Waals surface area contributed by atoms with E-state index in [1.54, 1.807) is 30.3 Å². The van der Waals surface area contributed by atoms with Crippen molar-refractivity contribution >= 4 is 63.2 Å². The molecule has 0 aliphatic carbocycles. The molecule has 1 aromatic carbocycles. The maximum Gasteiger partial charge on any atom is 0.340 e. The molecule has 2 heterocycles. The second kappa shape index (κ2) is 11.7. The lowest BCUT2D eigenvalue weighted by molar-refractivity contribution is -0.113. The van der Waals surface area contributed by atoms with Gasteiger partial charge in [0, 0.05) is 22.5 Å². The van der Waals surface area contributed by atoms with E-state index in [0.29, 0.717) is 43.9 Å². The summed E-state index contributed by atoms with van der Waals surface area (Å²) in [7, 11) is 1.30. The molecule has 1 amide bonds. The lowest BCUT2D eigenvalue weighted by atomic mass is 10.3. The fourth-order valence-corrected chi connectivity index (χ4v) is 4.98. The highest BCUT2D eigenvalue weighted by Gasteiger charge is 2.22. The summed E-state index contributed by atoms with van der Waals surface area (Å²) in [6.45, 7) is 7.87. The van der Waals surface area contributed by atoms with Gasteiger partial charge in [-0.15, -0.1) is 28.1 Å². The van der Waals surface area contributed by atoms with E-state index in [1.807, 2.05) is 18.4 Å². The van der Waals surface area contributed by atoms with Crippen molar-refractivity contribution in [2.24, 2.45) is 0 Å². The summed E-state index contributed by atoms with van der Waals surface area (Å²) in [5, 5.41) is 13.1. The summed E-state index contributed by atoms with van der Waals surface area (Å²) < 4.78 is 12.5. The molecule has 0 saturated carbocycles. The summed E-state index contributed by atoms with van der Waals surface area (Å²) in [6.07, 6.45) is 1.20. The molecule has 12 heteroatoms. The third-order valence-corrected chi connectivity index (χ3v) is 6.94. The van der Waals surface area contributed by atoms with Gasteiger partial charge in [-0.05, 0) is 32.0 Å². The van der Waals surface area contributed by atoms with Crippen molar-refractivity contribution in [1.82, 2.24) is 14.8 Å². The Bertz CT molecular complexity index is 1210. The minimum absolute atomic E-state index is 0.0577. The van der Waals surface area contributed by atoms with Crippen LogP contribution in [0.3, 0.4) is 0 Å². The lowest BCUT2D eigenvalue weighted by Crippen LogP contribution is -2.16. The molecule has 0 bridgehead atoms. The third kappa shape index (κ3) is 6.32. The Balaban J connectivity index is 1.71. The average Bonchev–Trinajstić information content (AvgIpc) is 3.37. The SMILES string of the molecule is C=CCn1c(SCC(=O)Nc2sc(C)cc2C(=O)OC)nnc1C(C)Oc1cc(Cl)ccc1Cl. The van der Waals surface area contributed by atoms with E-state index in [2.05, 4.69) is 22.1 Å². The molecule has 0 aliphatic rings. The number of aryl methyl sites for hydroxylation is 1. The van der Waals surface area contributed by atoms with Gasteiger partial charge in [-0.1, -0.05) is 41.0 Å². The number of aromatic nitrogens is 3. The fourth-order valence-electron chi connectivity index (χ4n) is 2.98. The molecule has 0 radical (unpaired) electrons. The Morgan fingerprint density at radius 3 is 2.79 bits per heavy atom. The highest BCUT2D eigenvalue weighted by molar-refractivity contribution is 7.99. The molecule has 3 rings (SSSR count). The number of thiophene rings is 1. The number of amides is 1. The molecule has 3 aromatic rings. The van der Waals surface area contributed by atoms with Crippen LogP contribution in [0.4, 0.5) is 5.00 Å². The van der Waals surface area contributed by atoms with Crippen molar-refractivity contribution in [3.63, 3.8) is 0 Å². The van der Waals surface area contributed by atoms with Crippen LogP contribution in [0.5, 0.6) is 5.75 Å². The van der Waals surface area contributed by atoms with Crippen LogP contribution >= 0.6 is 46.3 Å². The van der Waals surface area contributed by atoms with Gasteiger partial charge in [0.15, 0.2) is 17.1 Å². The number of esters is 1. The maximum atomic E-state index is 12.6. The fraction of sp³-hybridized carbons (Fsp3) is 0.273. The number of benzene rings is 1. The summed E-state index contributed by atoms with van der Waals surface area (Å²) >= 11 is 14.8. The van der Waals surface area contributed by atoms with Crippen molar-refractivity contribution in [2.75, 3.05) is 18.2 Å². The number of rotatable bonds is 10. The Morgan fingerprint density at radius 1 is 1.32 bits per heavy atom. The quantitative estimate of drug-likeness (QED) is 0.197. The van der Waals surface area contributed by atoms with Crippen LogP contribution in [0, 0.1) is 6.92 Å². The van der Waals surface area contributed by atoms with Crippen LogP contribution in [0.15, 0.2) is 42.1 Å². The molecular formula is C22H22Cl2N4O4S2. The van der Waals surface area contributed by atoms with E-state index in [1.165, 1.54) is 30.2 Å². The number of allylic oxidation sites excluding steroid dienone is 1. The van der Waals surface area contributed by atoms with Gasteiger partial charge in [-0.3, -0.25) is 9.36 Å². The van der Waals surface area contributed by atoms with Crippen LogP contribution in [-0.4, -0.2) is 39.5 Å². The first kappa shape index (κ1) is 26.1. The first-order valence-electron chi connectivity index (χ1n) is 10.0. The van der Waals surface area contributed by atoms with Gasteiger partial charge in [0.2, 0.25) is 5.91 Å². The minimum Gasteiger partial charge on any atom is -0.481 e. The van der Waals surface area contributed by atoms with E-state index >= 15 is 0 Å². The highest BCUT2D eigenvalue weighted by Crippen LogP contribution is 2.32. The topological polar surface area (TPSA) is 95.3 Å². The van der Waals surface area contributed by atoms with Crippen molar-refractivity contribution in [3.8, 4) is 5.75 Å². The summed E-state index contributed by atoms with van der Waals surface area (Å²) in [5.74, 6) is 0.234. The van der Waals surface area contributed by atoms with Crippen molar-refractivity contribution in [1.29, 1.82) is 0 Å².